The molecule has 0 heterocycles. The molecule has 100 valence electrons. The Morgan fingerprint density at radius 3 is 2.47 bits per heavy atom. The third-order valence-corrected chi connectivity index (χ3v) is 4.08. The molecule has 1 aliphatic carbocycles. The van der Waals surface area contributed by atoms with Gasteiger partial charge >= 0.3 is 5.97 Å². The minimum absolute atomic E-state index is 0.165. The number of aliphatic carboxylic acids is 1. The molecular weight excluding hydrogens is 218 g/mol. The maximum Gasteiger partial charge on any atom is 0.305 e. The van der Waals surface area contributed by atoms with Crippen LogP contribution >= 0.6 is 0 Å². The van der Waals surface area contributed by atoms with E-state index in [4.69, 9.17) is 9.84 Å². The Morgan fingerprint density at radius 1 is 1.41 bits per heavy atom. The molecular formula is C13H25NO3. The summed E-state index contributed by atoms with van der Waals surface area (Å²) in [7, 11) is 3.73. The zero-order chi connectivity index (χ0) is 12.9. The predicted molar refractivity (Wildman–Crippen MR) is 67.2 cm³/mol. The maximum atomic E-state index is 11.1. The van der Waals surface area contributed by atoms with Crippen molar-refractivity contribution in [2.75, 3.05) is 20.8 Å². The van der Waals surface area contributed by atoms with Gasteiger partial charge in [0, 0.05) is 18.7 Å². The van der Waals surface area contributed by atoms with E-state index in [1.165, 1.54) is 6.42 Å². The number of likely N-dealkylation sites (N-methyl/N-ethyl adjacent to an activating group) is 1. The summed E-state index contributed by atoms with van der Waals surface area (Å²) in [5.41, 5.74) is -0.165. The maximum absolute atomic E-state index is 11.1. The number of carbonyl (C=O) groups is 1. The summed E-state index contributed by atoms with van der Waals surface area (Å²) in [4.78, 5) is 13.3. The lowest BCUT2D eigenvalue weighted by molar-refractivity contribution is -0.141. The SMILES string of the molecule is COCC(C)N(C)C1(CC(=O)O)CCCCC1. The first-order valence-electron chi connectivity index (χ1n) is 6.45. The number of carboxylic acid groups (broad SMARTS) is 1. The smallest absolute Gasteiger partial charge is 0.305 e. The van der Waals surface area contributed by atoms with E-state index in [0.717, 1.165) is 25.7 Å². The van der Waals surface area contributed by atoms with Gasteiger partial charge in [0.1, 0.15) is 0 Å². The molecule has 4 heteroatoms. The van der Waals surface area contributed by atoms with Crippen molar-refractivity contribution in [3.8, 4) is 0 Å². The minimum atomic E-state index is -0.691. The molecule has 17 heavy (non-hydrogen) atoms. The topological polar surface area (TPSA) is 49.8 Å². The van der Waals surface area contributed by atoms with Gasteiger partial charge in [-0.3, -0.25) is 9.69 Å². The Bertz CT molecular complexity index is 249. The molecule has 0 aromatic rings. The van der Waals surface area contributed by atoms with Crippen LogP contribution in [0.1, 0.15) is 45.4 Å². The normalized spacial score (nSPS) is 21.4. The molecule has 1 fully saturated rings. The molecule has 4 nitrogen and oxygen atoms in total. The summed E-state index contributed by atoms with van der Waals surface area (Å²) in [6.07, 6.45) is 5.73. The summed E-state index contributed by atoms with van der Waals surface area (Å²) >= 11 is 0. The Labute approximate surface area is 104 Å². The van der Waals surface area contributed by atoms with Crippen LogP contribution in [0.2, 0.25) is 0 Å². The number of rotatable bonds is 6. The van der Waals surface area contributed by atoms with Crippen molar-refractivity contribution in [3.05, 3.63) is 0 Å². The lowest BCUT2D eigenvalue weighted by atomic mass is 9.77. The number of hydrogen-bond acceptors (Lipinski definition) is 3. The van der Waals surface area contributed by atoms with E-state index in [-0.39, 0.29) is 18.0 Å². The molecule has 0 aliphatic heterocycles. The van der Waals surface area contributed by atoms with Crippen LogP contribution in [0.4, 0.5) is 0 Å². The number of nitrogens with zero attached hydrogens (tertiary/aromatic N) is 1. The highest BCUT2D eigenvalue weighted by Gasteiger charge is 2.39. The second kappa shape index (κ2) is 6.36. The van der Waals surface area contributed by atoms with Gasteiger partial charge in [0.2, 0.25) is 0 Å². The first kappa shape index (κ1) is 14.5. The fraction of sp³-hybridized carbons (Fsp3) is 0.923. The zero-order valence-electron chi connectivity index (χ0n) is 11.2. The van der Waals surface area contributed by atoms with Gasteiger partial charge in [-0.15, -0.1) is 0 Å². The number of carboxylic acids is 1. The van der Waals surface area contributed by atoms with E-state index in [1.54, 1.807) is 7.11 Å². The Balaban J connectivity index is 2.76. The van der Waals surface area contributed by atoms with Gasteiger partial charge in [-0.2, -0.15) is 0 Å². The highest BCUT2D eigenvalue weighted by atomic mass is 16.5. The molecule has 1 unspecified atom stereocenters. The fourth-order valence-corrected chi connectivity index (χ4v) is 2.97. The summed E-state index contributed by atoms with van der Waals surface area (Å²) in [5, 5.41) is 9.13. The third-order valence-electron chi connectivity index (χ3n) is 4.08. The van der Waals surface area contributed by atoms with E-state index in [2.05, 4.69) is 11.8 Å². The highest BCUT2D eigenvalue weighted by molar-refractivity contribution is 5.68. The van der Waals surface area contributed by atoms with Crippen molar-refractivity contribution in [2.45, 2.75) is 57.0 Å². The van der Waals surface area contributed by atoms with Gasteiger partial charge in [-0.05, 0) is 26.8 Å². The first-order chi connectivity index (χ1) is 8.02. The van der Waals surface area contributed by atoms with Crippen LogP contribution in [0.25, 0.3) is 0 Å². The van der Waals surface area contributed by atoms with Crippen LogP contribution in [0, 0.1) is 0 Å². The molecule has 0 aromatic heterocycles. The number of hydrogen-bond donors (Lipinski definition) is 1. The third kappa shape index (κ3) is 3.68. The summed E-state index contributed by atoms with van der Waals surface area (Å²) in [5.74, 6) is -0.691. The van der Waals surface area contributed by atoms with Crippen molar-refractivity contribution in [3.63, 3.8) is 0 Å². The Kier molecular flexibility index (Phi) is 5.40. The first-order valence-corrected chi connectivity index (χ1v) is 6.45. The van der Waals surface area contributed by atoms with Gasteiger partial charge in [-0.25, -0.2) is 0 Å². The standard InChI is InChI=1S/C13H25NO3/c1-11(10-17-3)14(2)13(9-12(15)16)7-5-4-6-8-13/h11H,4-10H2,1-3H3,(H,15,16). The highest BCUT2D eigenvalue weighted by Crippen LogP contribution is 2.36. The van der Waals surface area contributed by atoms with E-state index < -0.39 is 5.97 Å². The van der Waals surface area contributed by atoms with Gasteiger partial charge < -0.3 is 9.84 Å². The molecule has 0 aromatic carbocycles. The average molecular weight is 243 g/mol. The van der Waals surface area contributed by atoms with Crippen LogP contribution in [0.15, 0.2) is 0 Å². The van der Waals surface area contributed by atoms with E-state index in [9.17, 15) is 4.79 Å². The van der Waals surface area contributed by atoms with Crippen LogP contribution in [0.3, 0.4) is 0 Å². The lowest BCUT2D eigenvalue weighted by Gasteiger charge is -2.46. The van der Waals surface area contributed by atoms with Crippen LogP contribution in [0.5, 0.6) is 0 Å². The van der Waals surface area contributed by atoms with Gasteiger partial charge in [0.25, 0.3) is 0 Å². The summed E-state index contributed by atoms with van der Waals surface area (Å²) in [6, 6.07) is 0.262. The molecule has 1 aliphatic rings. The van der Waals surface area contributed by atoms with Crippen molar-refractivity contribution < 1.29 is 14.6 Å². The fourth-order valence-electron chi connectivity index (χ4n) is 2.97. The van der Waals surface area contributed by atoms with Crippen LogP contribution < -0.4 is 0 Å². The zero-order valence-corrected chi connectivity index (χ0v) is 11.2. The number of ether oxygens (including phenoxy) is 1. The Morgan fingerprint density at radius 2 is 2.00 bits per heavy atom. The predicted octanol–water partition coefficient (Wildman–Crippen LogP) is 2.13. The average Bonchev–Trinajstić information content (AvgIpc) is 2.28. The van der Waals surface area contributed by atoms with Gasteiger partial charge in [0.05, 0.1) is 13.0 Å². The second-order valence-corrected chi connectivity index (χ2v) is 5.27. The van der Waals surface area contributed by atoms with Gasteiger partial charge in [-0.1, -0.05) is 19.3 Å². The van der Waals surface area contributed by atoms with Gasteiger partial charge in [0.15, 0.2) is 0 Å². The monoisotopic (exact) mass is 243 g/mol. The molecule has 0 radical (unpaired) electrons. The van der Waals surface area contributed by atoms with Crippen molar-refractivity contribution in [1.82, 2.24) is 4.90 Å². The molecule has 0 saturated heterocycles. The second-order valence-electron chi connectivity index (χ2n) is 5.27. The van der Waals surface area contributed by atoms with Crippen molar-refractivity contribution in [1.29, 1.82) is 0 Å². The van der Waals surface area contributed by atoms with E-state index in [0.29, 0.717) is 6.61 Å². The Hall–Kier alpha value is -0.610. The lowest BCUT2D eigenvalue weighted by Crippen LogP contribution is -2.54. The molecule has 0 bridgehead atoms. The van der Waals surface area contributed by atoms with Crippen LogP contribution in [-0.4, -0.2) is 48.3 Å². The number of methoxy groups -OCH3 is 1. The van der Waals surface area contributed by atoms with E-state index >= 15 is 0 Å². The van der Waals surface area contributed by atoms with Crippen molar-refractivity contribution in [2.24, 2.45) is 0 Å². The molecule has 0 spiro atoms. The van der Waals surface area contributed by atoms with Crippen molar-refractivity contribution >= 4 is 5.97 Å². The largest absolute Gasteiger partial charge is 0.481 e. The molecule has 0 amide bonds. The molecule has 1 N–H and O–H groups in total. The van der Waals surface area contributed by atoms with E-state index in [1.807, 2.05) is 7.05 Å². The quantitative estimate of drug-likeness (QED) is 0.776. The summed E-state index contributed by atoms with van der Waals surface area (Å²) < 4.78 is 5.18. The molecule has 1 rings (SSSR count). The minimum Gasteiger partial charge on any atom is -0.481 e. The molecule has 1 saturated carbocycles. The summed E-state index contributed by atoms with van der Waals surface area (Å²) in [6.45, 7) is 2.75. The van der Waals surface area contributed by atoms with Crippen LogP contribution in [-0.2, 0) is 9.53 Å². The molecule has 1 atom stereocenters.